The van der Waals surface area contributed by atoms with Crippen LogP contribution >= 0.6 is 23.1 Å². The zero-order chi connectivity index (χ0) is 17.8. The van der Waals surface area contributed by atoms with Crippen LogP contribution in [0, 0.1) is 0 Å². The van der Waals surface area contributed by atoms with Gasteiger partial charge in [-0.25, -0.2) is 4.98 Å². The van der Waals surface area contributed by atoms with E-state index in [4.69, 9.17) is 4.74 Å². The number of aryl methyl sites for hydroxylation is 2. The molecule has 5 nitrogen and oxygen atoms in total. The minimum absolute atomic E-state index is 0.0876. The lowest BCUT2D eigenvalue weighted by molar-refractivity contribution is -0.142. The van der Waals surface area contributed by atoms with E-state index >= 15 is 0 Å². The number of rotatable bonds is 7. The molecule has 0 spiro atoms. The first-order valence-electron chi connectivity index (χ1n) is 8.98. The highest BCUT2D eigenvalue weighted by Crippen LogP contribution is 2.34. The average Bonchev–Trinajstić information content (AvgIpc) is 2.97. The Kier molecular flexibility index (Phi) is 6.17. The van der Waals surface area contributed by atoms with E-state index in [9.17, 15) is 9.59 Å². The quantitative estimate of drug-likeness (QED) is 0.339. The molecular formula is C18H24N2O3S2. The first-order valence-corrected chi connectivity index (χ1v) is 10.7. The molecule has 0 saturated heterocycles. The lowest BCUT2D eigenvalue weighted by Gasteiger charge is -2.11. The molecular weight excluding hydrogens is 356 g/mol. The Morgan fingerprint density at radius 2 is 2.16 bits per heavy atom. The third-order valence-corrected chi connectivity index (χ3v) is 6.56. The summed E-state index contributed by atoms with van der Waals surface area (Å²) in [5, 5.41) is 0.852. The fraction of sp³-hybridized carbons (Fsp3) is 0.611. The van der Waals surface area contributed by atoms with Gasteiger partial charge in [0.2, 0.25) is 0 Å². The Morgan fingerprint density at radius 1 is 1.36 bits per heavy atom. The van der Waals surface area contributed by atoms with Crippen molar-refractivity contribution in [2.45, 2.75) is 69.2 Å². The van der Waals surface area contributed by atoms with Crippen molar-refractivity contribution >= 4 is 39.3 Å². The molecule has 3 rings (SSSR count). The number of H-pyrrole nitrogens is 1. The highest BCUT2D eigenvalue weighted by atomic mass is 32.2. The number of carbonyl (C=O) groups is 1. The Balaban J connectivity index is 1.71. The van der Waals surface area contributed by atoms with Gasteiger partial charge in [0.1, 0.15) is 10.1 Å². The van der Waals surface area contributed by atoms with Crippen molar-refractivity contribution in [1.82, 2.24) is 9.97 Å². The molecule has 2 heterocycles. The van der Waals surface area contributed by atoms with Gasteiger partial charge in [0, 0.05) is 4.88 Å². The number of hydrogen-bond donors (Lipinski definition) is 1. The normalized spacial score (nSPS) is 15.1. The molecule has 0 bridgehead atoms. The number of ether oxygens (including phenoxy) is 1. The van der Waals surface area contributed by atoms with Gasteiger partial charge in [-0.05, 0) is 44.6 Å². The van der Waals surface area contributed by atoms with E-state index in [-0.39, 0.29) is 11.5 Å². The number of unbranched alkanes of at least 4 members (excludes halogenated alkanes) is 2. The standard InChI is InChI=1S/C18H24N2O3S2/c1-3-4-7-10-23-17(22)11(2)24-18-19-15(21)14-12-8-5-6-9-13(12)25-16(14)20-18/h11H,3-10H2,1-2H3,(H,19,20,21). The van der Waals surface area contributed by atoms with Gasteiger partial charge in [0.15, 0.2) is 5.16 Å². The van der Waals surface area contributed by atoms with E-state index in [0.29, 0.717) is 11.8 Å². The lowest BCUT2D eigenvalue weighted by atomic mass is 9.97. The summed E-state index contributed by atoms with van der Waals surface area (Å²) in [6.45, 7) is 4.36. The number of nitrogens with zero attached hydrogens (tertiary/aromatic N) is 1. The number of thioether (sulfide) groups is 1. The van der Waals surface area contributed by atoms with Crippen LogP contribution in [-0.2, 0) is 22.4 Å². The monoisotopic (exact) mass is 380 g/mol. The SMILES string of the molecule is CCCCCOC(=O)C(C)Sc1nc2sc3c(c2c(=O)[nH]1)CCCC3. The van der Waals surface area contributed by atoms with E-state index in [1.165, 1.54) is 28.6 Å². The van der Waals surface area contributed by atoms with Crippen LogP contribution in [0.3, 0.4) is 0 Å². The predicted molar refractivity (Wildman–Crippen MR) is 103 cm³/mol. The minimum atomic E-state index is -0.392. The zero-order valence-corrected chi connectivity index (χ0v) is 16.4. The summed E-state index contributed by atoms with van der Waals surface area (Å²) in [5.41, 5.74) is 1.09. The summed E-state index contributed by atoms with van der Waals surface area (Å²) < 4.78 is 5.29. The Labute approximate surface area is 155 Å². The van der Waals surface area contributed by atoms with Crippen molar-refractivity contribution in [3.63, 3.8) is 0 Å². The number of fused-ring (bicyclic) bond motifs is 3. The maximum Gasteiger partial charge on any atom is 0.319 e. The van der Waals surface area contributed by atoms with Gasteiger partial charge in [-0.15, -0.1) is 11.3 Å². The summed E-state index contributed by atoms with van der Waals surface area (Å²) in [5.74, 6) is -0.255. The number of aromatic nitrogens is 2. The van der Waals surface area contributed by atoms with Gasteiger partial charge in [0.25, 0.3) is 5.56 Å². The van der Waals surface area contributed by atoms with Gasteiger partial charge >= 0.3 is 5.97 Å². The fourth-order valence-electron chi connectivity index (χ4n) is 3.06. The Morgan fingerprint density at radius 3 is 2.96 bits per heavy atom. The Hall–Kier alpha value is -1.34. The van der Waals surface area contributed by atoms with Crippen LogP contribution in [0.15, 0.2) is 9.95 Å². The number of nitrogens with one attached hydrogen (secondary N) is 1. The van der Waals surface area contributed by atoms with Gasteiger partial charge in [-0.2, -0.15) is 0 Å². The molecule has 136 valence electrons. The molecule has 0 aliphatic heterocycles. The summed E-state index contributed by atoms with van der Waals surface area (Å²) >= 11 is 2.88. The molecule has 1 aliphatic rings. The summed E-state index contributed by atoms with van der Waals surface area (Å²) in [6.07, 6.45) is 7.37. The largest absolute Gasteiger partial charge is 0.465 e. The molecule has 25 heavy (non-hydrogen) atoms. The van der Waals surface area contributed by atoms with E-state index < -0.39 is 5.25 Å². The summed E-state index contributed by atoms with van der Waals surface area (Å²) in [7, 11) is 0. The van der Waals surface area contributed by atoms with Crippen molar-refractivity contribution < 1.29 is 9.53 Å². The van der Waals surface area contributed by atoms with E-state index in [1.54, 1.807) is 18.3 Å². The first-order chi connectivity index (χ1) is 12.1. The second-order valence-electron chi connectivity index (χ2n) is 6.40. The predicted octanol–water partition coefficient (Wildman–Crippen LogP) is 4.08. The van der Waals surface area contributed by atoms with Gasteiger partial charge in [-0.3, -0.25) is 9.59 Å². The minimum Gasteiger partial charge on any atom is -0.465 e. The van der Waals surface area contributed by atoms with Crippen molar-refractivity contribution in [1.29, 1.82) is 0 Å². The van der Waals surface area contributed by atoms with Crippen LogP contribution in [0.25, 0.3) is 10.2 Å². The lowest BCUT2D eigenvalue weighted by Crippen LogP contribution is -2.19. The molecule has 2 aromatic rings. The molecule has 0 fully saturated rings. The van der Waals surface area contributed by atoms with Crippen LogP contribution in [0.2, 0.25) is 0 Å². The molecule has 0 radical (unpaired) electrons. The van der Waals surface area contributed by atoms with Crippen molar-refractivity contribution in [2.24, 2.45) is 0 Å². The van der Waals surface area contributed by atoms with Crippen molar-refractivity contribution in [3.05, 3.63) is 20.8 Å². The molecule has 1 aliphatic carbocycles. The van der Waals surface area contributed by atoms with Gasteiger partial charge < -0.3 is 9.72 Å². The fourth-order valence-corrected chi connectivity index (χ4v) is 5.17. The molecule has 1 unspecified atom stereocenters. The molecule has 1 atom stereocenters. The van der Waals surface area contributed by atoms with Crippen LogP contribution in [0.1, 0.15) is 56.4 Å². The maximum absolute atomic E-state index is 12.5. The molecule has 2 aromatic heterocycles. The first kappa shape index (κ1) is 18.5. The number of aromatic amines is 1. The highest BCUT2D eigenvalue weighted by Gasteiger charge is 2.22. The van der Waals surface area contributed by atoms with Gasteiger partial charge in [0.05, 0.1) is 12.0 Å². The zero-order valence-electron chi connectivity index (χ0n) is 14.7. The van der Waals surface area contributed by atoms with E-state index in [0.717, 1.165) is 48.7 Å². The molecule has 1 N–H and O–H groups in total. The topological polar surface area (TPSA) is 72.0 Å². The molecule has 0 amide bonds. The highest BCUT2D eigenvalue weighted by molar-refractivity contribution is 8.00. The second-order valence-corrected chi connectivity index (χ2v) is 8.81. The van der Waals surface area contributed by atoms with Crippen LogP contribution in [0.4, 0.5) is 0 Å². The van der Waals surface area contributed by atoms with Crippen LogP contribution < -0.4 is 5.56 Å². The number of hydrogen-bond acceptors (Lipinski definition) is 6. The van der Waals surface area contributed by atoms with Crippen LogP contribution in [-0.4, -0.2) is 27.8 Å². The summed E-state index contributed by atoms with van der Waals surface area (Å²) in [6, 6.07) is 0. The van der Waals surface area contributed by atoms with Crippen molar-refractivity contribution in [3.8, 4) is 0 Å². The Bertz CT molecular complexity index is 812. The van der Waals surface area contributed by atoms with Gasteiger partial charge in [-0.1, -0.05) is 31.5 Å². The summed E-state index contributed by atoms with van der Waals surface area (Å²) in [4.78, 5) is 34.1. The molecule has 0 saturated carbocycles. The average molecular weight is 381 g/mol. The number of carbonyl (C=O) groups excluding carboxylic acids is 1. The van der Waals surface area contributed by atoms with E-state index in [1.807, 2.05) is 0 Å². The van der Waals surface area contributed by atoms with Crippen molar-refractivity contribution in [2.75, 3.05) is 6.61 Å². The molecule has 7 heteroatoms. The maximum atomic E-state index is 12.5. The second kappa shape index (κ2) is 8.36. The third kappa shape index (κ3) is 4.26. The smallest absolute Gasteiger partial charge is 0.319 e. The van der Waals surface area contributed by atoms with Crippen LogP contribution in [0.5, 0.6) is 0 Å². The van der Waals surface area contributed by atoms with E-state index in [2.05, 4.69) is 16.9 Å². The molecule has 0 aromatic carbocycles. The number of esters is 1. The third-order valence-electron chi connectivity index (χ3n) is 4.42. The number of thiophene rings is 1.